The maximum absolute atomic E-state index is 13.1. The van der Waals surface area contributed by atoms with Crippen LogP contribution in [0.2, 0.25) is 0 Å². The Bertz CT molecular complexity index is 679. The number of halogens is 1. The van der Waals surface area contributed by atoms with Gasteiger partial charge in [-0.3, -0.25) is 0 Å². The van der Waals surface area contributed by atoms with Gasteiger partial charge < -0.3 is 10.4 Å². The molecule has 0 amide bonds. The lowest BCUT2D eigenvalue weighted by molar-refractivity contribution is 0.0817. The second kappa shape index (κ2) is 8.06. The Kier molecular flexibility index (Phi) is 5.81. The third-order valence-corrected chi connectivity index (χ3v) is 5.24. The first kappa shape index (κ1) is 18.0. The Hall–Kier alpha value is -1.79. The fourth-order valence-electron chi connectivity index (χ4n) is 3.65. The van der Waals surface area contributed by atoms with E-state index in [0.29, 0.717) is 12.5 Å². The van der Waals surface area contributed by atoms with Gasteiger partial charge in [-0.25, -0.2) is 9.07 Å². The van der Waals surface area contributed by atoms with Crippen molar-refractivity contribution in [2.75, 3.05) is 6.54 Å². The molecule has 1 aromatic carbocycles. The SMILES string of the molecule is Cc1c(C(C)NCC(O)C2CCCCC2)nnn1-c1ccc(F)cc1. The highest BCUT2D eigenvalue weighted by Crippen LogP contribution is 2.26. The van der Waals surface area contributed by atoms with Gasteiger partial charge in [0.15, 0.2) is 0 Å². The Morgan fingerprint density at radius 2 is 1.92 bits per heavy atom. The highest BCUT2D eigenvalue weighted by molar-refractivity contribution is 5.33. The summed E-state index contributed by atoms with van der Waals surface area (Å²) in [5, 5.41) is 22.3. The maximum atomic E-state index is 13.1. The van der Waals surface area contributed by atoms with E-state index in [1.165, 1.54) is 31.4 Å². The predicted molar refractivity (Wildman–Crippen MR) is 95.1 cm³/mol. The lowest BCUT2D eigenvalue weighted by Gasteiger charge is -2.27. The van der Waals surface area contributed by atoms with Crippen LogP contribution in [-0.2, 0) is 0 Å². The summed E-state index contributed by atoms with van der Waals surface area (Å²) < 4.78 is 14.8. The second-order valence-corrected chi connectivity index (χ2v) is 7.04. The van der Waals surface area contributed by atoms with Crippen molar-refractivity contribution in [1.29, 1.82) is 0 Å². The monoisotopic (exact) mass is 346 g/mol. The molecule has 6 heteroatoms. The minimum Gasteiger partial charge on any atom is -0.392 e. The zero-order chi connectivity index (χ0) is 17.8. The lowest BCUT2D eigenvalue weighted by Crippen LogP contribution is -2.35. The molecule has 1 heterocycles. The summed E-state index contributed by atoms with van der Waals surface area (Å²) in [6, 6.07) is 6.20. The molecule has 0 spiro atoms. The van der Waals surface area contributed by atoms with Gasteiger partial charge >= 0.3 is 0 Å². The zero-order valence-corrected chi connectivity index (χ0v) is 15.0. The van der Waals surface area contributed by atoms with Crippen molar-refractivity contribution in [2.45, 2.75) is 58.1 Å². The van der Waals surface area contributed by atoms with Gasteiger partial charge in [0, 0.05) is 6.54 Å². The van der Waals surface area contributed by atoms with Gasteiger partial charge in [0.05, 0.1) is 23.5 Å². The van der Waals surface area contributed by atoms with E-state index in [9.17, 15) is 9.50 Å². The average molecular weight is 346 g/mol. The number of aliphatic hydroxyl groups excluding tert-OH is 1. The summed E-state index contributed by atoms with van der Waals surface area (Å²) in [5.41, 5.74) is 2.55. The Balaban J connectivity index is 1.62. The molecule has 3 rings (SSSR count). The first-order valence-corrected chi connectivity index (χ1v) is 9.16. The van der Waals surface area contributed by atoms with Crippen molar-refractivity contribution in [3.05, 3.63) is 41.5 Å². The third kappa shape index (κ3) is 4.25. The molecule has 0 bridgehead atoms. The summed E-state index contributed by atoms with van der Waals surface area (Å²) >= 11 is 0. The van der Waals surface area contributed by atoms with Crippen molar-refractivity contribution in [3.8, 4) is 5.69 Å². The molecule has 136 valence electrons. The quantitative estimate of drug-likeness (QED) is 0.842. The molecule has 0 aliphatic heterocycles. The number of nitrogens with one attached hydrogen (secondary N) is 1. The molecule has 5 nitrogen and oxygen atoms in total. The van der Waals surface area contributed by atoms with E-state index in [0.717, 1.165) is 29.9 Å². The molecule has 1 saturated carbocycles. The summed E-state index contributed by atoms with van der Waals surface area (Å²) in [5.74, 6) is 0.137. The predicted octanol–water partition coefficient (Wildman–Crippen LogP) is 3.31. The van der Waals surface area contributed by atoms with Crippen molar-refractivity contribution in [2.24, 2.45) is 5.92 Å². The number of hydrogen-bond acceptors (Lipinski definition) is 4. The smallest absolute Gasteiger partial charge is 0.123 e. The number of hydrogen-bond donors (Lipinski definition) is 2. The molecule has 1 fully saturated rings. The van der Waals surface area contributed by atoms with Crippen LogP contribution < -0.4 is 5.32 Å². The van der Waals surface area contributed by atoms with E-state index in [4.69, 9.17) is 0 Å². The number of rotatable bonds is 6. The van der Waals surface area contributed by atoms with Crippen LogP contribution in [0.5, 0.6) is 0 Å². The van der Waals surface area contributed by atoms with Crippen LogP contribution in [0.4, 0.5) is 4.39 Å². The number of aliphatic hydroxyl groups is 1. The summed E-state index contributed by atoms with van der Waals surface area (Å²) in [6.45, 7) is 4.54. The van der Waals surface area contributed by atoms with E-state index < -0.39 is 0 Å². The molecule has 2 aromatic rings. The van der Waals surface area contributed by atoms with Gasteiger partial charge in [0.25, 0.3) is 0 Å². The normalized spacial score (nSPS) is 18.2. The highest BCUT2D eigenvalue weighted by atomic mass is 19.1. The number of nitrogens with zero attached hydrogens (tertiary/aromatic N) is 3. The Morgan fingerprint density at radius 3 is 2.60 bits per heavy atom. The first-order valence-electron chi connectivity index (χ1n) is 9.16. The van der Waals surface area contributed by atoms with E-state index in [2.05, 4.69) is 15.6 Å². The van der Waals surface area contributed by atoms with Crippen molar-refractivity contribution < 1.29 is 9.50 Å². The van der Waals surface area contributed by atoms with Gasteiger partial charge in [-0.05, 0) is 56.9 Å². The zero-order valence-electron chi connectivity index (χ0n) is 15.0. The largest absolute Gasteiger partial charge is 0.392 e. The molecule has 0 radical (unpaired) electrons. The van der Waals surface area contributed by atoms with Gasteiger partial charge in [-0.2, -0.15) is 0 Å². The lowest BCUT2D eigenvalue weighted by atomic mass is 9.85. The van der Waals surface area contributed by atoms with Crippen LogP contribution in [0.1, 0.15) is 56.5 Å². The van der Waals surface area contributed by atoms with Crippen LogP contribution in [0.25, 0.3) is 5.69 Å². The molecule has 1 aliphatic rings. The highest BCUT2D eigenvalue weighted by Gasteiger charge is 2.23. The second-order valence-electron chi connectivity index (χ2n) is 7.04. The van der Waals surface area contributed by atoms with Crippen LogP contribution in [-0.4, -0.2) is 32.7 Å². The number of aromatic nitrogens is 3. The summed E-state index contributed by atoms with van der Waals surface area (Å²) in [6.07, 6.45) is 5.67. The van der Waals surface area contributed by atoms with Gasteiger partial charge in [0.2, 0.25) is 0 Å². The van der Waals surface area contributed by atoms with Crippen LogP contribution in [0.3, 0.4) is 0 Å². The van der Waals surface area contributed by atoms with Crippen molar-refractivity contribution in [1.82, 2.24) is 20.3 Å². The Morgan fingerprint density at radius 1 is 1.24 bits per heavy atom. The van der Waals surface area contributed by atoms with Crippen LogP contribution in [0.15, 0.2) is 24.3 Å². The fraction of sp³-hybridized carbons (Fsp3) is 0.579. The first-order chi connectivity index (χ1) is 12.1. The standard InChI is InChI=1S/C19H27FN4O/c1-13(21-12-18(25)15-6-4-3-5-7-15)19-14(2)24(23-22-19)17-10-8-16(20)9-11-17/h8-11,13,15,18,21,25H,3-7,12H2,1-2H3. The molecule has 0 saturated heterocycles. The van der Waals surface area contributed by atoms with Crippen LogP contribution in [0, 0.1) is 18.7 Å². The number of benzene rings is 1. The van der Waals surface area contributed by atoms with Gasteiger partial charge in [-0.15, -0.1) is 5.10 Å². The average Bonchev–Trinajstić information content (AvgIpc) is 3.02. The molecule has 1 aliphatic carbocycles. The topological polar surface area (TPSA) is 63.0 Å². The third-order valence-electron chi connectivity index (χ3n) is 5.24. The molecule has 2 unspecified atom stereocenters. The summed E-state index contributed by atoms with van der Waals surface area (Å²) in [4.78, 5) is 0. The fourth-order valence-corrected chi connectivity index (χ4v) is 3.65. The van der Waals surface area contributed by atoms with Gasteiger partial charge in [-0.1, -0.05) is 24.5 Å². The maximum Gasteiger partial charge on any atom is 0.123 e. The minimum atomic E-state index is -0.310. The summed E-state index contributed by atoms with van der Waals surface area (Å²) in [7, 11) is 0. The van der Waals surface area contributed by atoms with E-state index in [1.54, 1.807) is 16.8 Å². The van der Waals surface area contributed by atoms with Crippen LogP contribution >= 0.6 is 0 Å². The van der Waals surface area contributed by atoms with Gasteiger partial charge in [0.1, 0.15) is 11.5 Å². The van der Waals surface area contributed by atoms with E-state index >= 15 is 0 Å². The molecular weight excluding hydrogens is 319 g/mol. The molecule has 2 atom stereocenters. The molecule has 25 heavy (non-hydrogen) atoms. The molecule has 2 N–H and O–H groups in total. The molecular formula is C19H27FN4O. The molecule has 1 aromatic heterocycles. The van der Waals surface area contributed by atoms with Crippen molar-refractivity contribution >= 4 is 0 Å². The van der Waals surface area contributed by atoms with E-state index in [1.807, 2.05) is 13.8 Å². The van der Waals surface area contributed by atoms with Crippen molar-refractivity contribution in [3.63, 3.8) is 0 Å². The van der Waals surface area contributed by atoms with E-state index in [-0.39, 0.29) is 18.0 Å². The minimum absolute atomic E-state index is 0.00700. The Labute approximate surface area is 148 Å².